The molecule has 0 unspecified atom stereocenters. The molecule has 6 nitrogen and oxygen atoms in total. The highest BCUT2D eigenvalue weighted by atomic mass is 16.2. The lowest BCUT2D eigenvalue weighted by Gasteiger charge is -2.14. The molecule has 0 aliphatic heterocycles. The standard InChI is InChI=1S/C18H19N5O/c1-22-11-14(15-5-3-4-6-16(15)22)12-23(2)17(24)8-7-13-9-20-18(19)21-10-13/h3-11H,12H2,1-2H3,(H2,19,20,21). The number of nitrogens with two attached hydrogens (primary N) is 1. The van der Waals surface area contributed by atoms with Crippen molar-refractivity contribution in [3.05, 3.63) is 60.1 Å². The molecule has 1 amide bonds. The summed E-state index contributed by atoms with van der Waals surface area (Å²) in [5.74, 6) is 0.131. The van der Waals surface area contributed by atoms with Crippen LogP contribution in [0.2, 0.25) is 0 Å². The fraction of sp³-hybridized carbons (Fsp3) is 0.167. The zero-order valence-electron chi connectivity index (χ0n) is 13.7. The first-order valence-electron chi connectivity index (χ1n) is 7.58. The number of benzene rings is 1. The summed E-state index contributed by atoms with van der Waals surface area (Å²) in [6.07, 6.45) is 8.42. The Morgan fingerprint density at radius 2 is 2.00 bits per heavy atom. The number of carbonyl (C=O) groups excluding carboxylic acids is 1. The molecule has 0 bridgehead atoms. The highest BCUT2D eigenvalue weighted by Gasteiger charge is 2.11. The van der Waals surface area contributed by atoms with Gasteiger partial charge in [-0.15, -0.1) is 0 Å². The topological polar surface area (TPSA) is 77.0 Å². The molecule has 0 atom stereocenters. The first kappa shape index (κ1) is 15.7. The number of carbonyl (C=O) groups is 1. The van der Waals surface area contributed by atoms with Gasteiger partial charge in [0, 0.05) is 61.8 Å². The quantitative estimate of drug-likeness (QED) is 0.748. The summed E-state index contributed by atoms with van der Waals surface area (Å²) >= 11 is 0. The van der Waals surface area contributed by atoms with Crippen LogP contribution in [0.5, 0.6) is 0 Å². The molecule has 24 heavy (non-hydrogen) atoms. The number of rotatable bonds is 4. The monoisotopic (exact) mass is 321 g/mol. The van der Waals surface area contributed by atoms with Gasteiger partial charge in [0.2, 0.25) is 11.9 Å². The Labute approximate surface area is 140 Å². The van der Waals surface area contributed by atoms with E-state index in [9.17, 15) is 4.79 Å². The molecular formula is C18H19N5O. The lowest BCUT2D eigenvalue weighted by atomic mass is 10.1. The Morgan fingerprint density at radius 3 is 2.75 bits per heavy atom. The minimum absolute atomic E-state index is 0.0836. The first-order valence-corrected chi connectivity index (χ1v) is 7.58. The fourth-order valence-corrected chi connectivity index (χ4v) is 2.61. The largest absolute Gasteiger partial charge is 0.368 e. The van der Waals surface area contributed by atoms with Crippen LogP contribution in [0, 0.1) is 0 Å². The van der Waals surface area contributed by atoms with Gasteiger partial charge in [-0.25, -0.2) is 9.97 Å². The lowest BCUT2D eigenvalue weighted by molar-refractivity contribution is -0.125. The third-order valence-corrected chi connectivity index (χ3v) is 3.87. The molecule has 0 saturated heterocycles. The van der Waals surface area contributed by atoms with E-state index in [1.807, 2.05) is 19.2 Å². The number of nitrogen functional groups attached to an aromatic ring is 1. The van der Waals surface area contributed by atoms with Gasteiger partial charge in [0.15, 0.2) is 0 Å². The van der Waals surface area contributed by atoms with E-state index < -0.39 is 0 Å². The Hall–Kier alpha value is -3.15. The van der Waals surface area contributed by atoms with Gasteiger partial charge in [-0.1, -0.05) is 18.2 Å². The number of nitrogens with zero attached hydrogens (tertiary/aromatic N) is 4. The average molecular weight is 321 g/mol. The first-order chi connectivity index (χ1) is 11.5. The molecule has 0 fully saturated rings. The van der Waals surface area contributed by atoms with Crippen molar-refractivity contribution in [3.63, 3.8) is 0 Å². The number of anilines is 1. The summed E-state index contributed by atoms with van der Waals surface area (Å²) in [6, 6.07) is 8.17. The van der Waals surface area contributed by atoms with E-state index in [0.717, 1.165) is 22.0 Å². The third kappa shape index (κ3) is 3.27. The van der Waals surface area contributed by atoms with Crippen molar-refractivity contribution in [3.8, 4) is 0 Å². The van der Waals surface area contributed by atoms with E-state index in [2.05, 4.69) is 32.9 Å². The van der Waals surface area contributed by atoms with Crippen LogP contribution in [-0.2, 0) is 18.4 Å². The Bertz CT molecular complexity index is 895. The molecule has 3 aromatic rings. The van der Waals surface area contributed by atoms with Crippen molar-refractivity contribution in [2.45, 2.75) is 6.54 Å². The van der Waals surface area contributed by atoms with Crippen molar-refractivity contribution in [1.29, 1.82) is 0 Å². The van der Waals surface area contributed by atoms with E-state index in [1.165, 1.54) is 6.08 Å². The number of likely N-dealkylation sites (N-methyl/N-ethyl adjacent to an activating group) is 1. The van der Waals surface area contributed by atoms with E-state index in [1.54, 1.807) is 30.4 Å². The molecular weight excluding hydrogens is 302 g/mol. The molecule has 0 aliphatic rings. The highest BCUT2D eigenvalue weighted by molar-refractivity contribution is 5.92. The Balaban J connectivity index is 1.72. The summed E-state index contributed by atoms with van der Waals surface area (Å²) in [6.45, 7) is 0.544. The van der Waals surface area contributed by atoms with Gasteiger partial charge in [0.05, 0.1) is 0 Å². The van der Waals surface area contributed by atoms with Crippen molar-refractivity contribution in [2.75, 3.05) is 12.8 Å². The maximum Gasteiger partial charge on any atom is 0.246 e. The zero-order valence-corrected chi connectivity index (χ0v) is 13.7. The molecule has 3 rings (SSSR count). The fourth-order valence-electron chi connectivity index (χ4n) is 2.61. The maximum atomic E-state index is 12.3. The number of para-hydroxylation sites is 1. The summed E-state index contributed by atoms with van der Waals surface area (Å²) in [5.41, 5.74) is 8.45. The molecule has 1 aromatic carbocycles. The van der Waals surface area contributed by atoms with E-state index >= 15 is 0 Å². The lowest BCUT2D eigenvalue weighted by Crippen LogP contribution is -2.24. The second kappa shape index (κ2) is 6.54. The molecule has 2 aromatic heterocycles. The second-order valence-electron chi connectivity index (χ2n) is 5.68. The predicted molar refractivity (Wildman–Crippen MR) is 94.9 cm³/mol. The molecule has 122 valence electrons. The molecule has 0 spiro atoms. The van der Waals surface area contributed by atoms with Crippen molar-refractivity contribution < 1.29 is 4.79 Å². The van der Waals surface area contributed by atoms with Crippen LogP contribution >= 0.6 is 0 Å². The number of aryl methyl sites for hydroxylation is 1. The molecule has 6 heteroatoms. The van der Waals surface area contributed by atoms with Crippen LogP contribution in [0.3, 0.4) is 0 Å². The van der Waals surface area contributed by atoms with Gasteiger partial charge in [-0.3, -0.25) is 4.79 Å². The third-order valence-electron chi connectivity index (χ3n) is 3.87. The van der Waals surface area contributed by atoms with Crippen LogP contribution in [0.25, 0.3) is 17.0 Å². The second-order valence-corrected chi connectivity index (χ2v) is 5.68. The van der Waals surface area contributed by atoms with Crippen LogP contribution in [-0.4, -0.2) is 32.4 Å². The van der Waals surface area contributed by atoms with Crippen LogP contribution < -0.4 is 5.73 Å². The average Bonchev–Trinajstić information content (AvgIpc) is 2.90. The SMILES string of the molecule is CN(Cc1cn(C)c2ccccc12)C(=O)C=Cc1cnc(N)nc1. The molecule has 0 saturated carbocycles. The summed E-state index contributed by atoms with van der Waals surface area (Å²) < 4.78 is 2.07. The number of fused-ring (bicyclic) bond motifs is 1. The molecule has 2 N–H and O–H groups in total. The minimum Gasteiger partial charge on any atom is -0.368 e. The Kier molecular flexibility index (Phi) is 4.29. The normalized spacial score (nSPS) is 11.2. The summed E-state index contributed by atoms with van der Waals surface area (Å²) in [7, 11) is 3.79. The smallest absolute Gasteiger partial charge is 0.246 e. The van der Waals surface area contributed by atoms with E-state index in [0.29, 0.717) is 6.54 Å². The van der Waals surface area contributed by atoms with Gasteiger partial charge in [-0.2, -0.15) is 0 Å². The zero-order chi connectivity index (χ0) is 17.1. The van der Waals surface area contributed by atoms with Crippen molar-refractivity contribution in [2.24, 2.45) is 7.05 Å². The van der Waals surface area contributed by atoms with E-state index in [4.69, 9.17) is 5.73 Å². The van der Waals surface area contributed by atoms with Gasteiger partial charge in [0.1, 0.15) is 0 Å². The number of hydrogen-bond acceptors (Lipinski definition) is 4. The van der Waals surface area contributed by atoms with E-state index in [-0.39, 0.29) is 11.9 Å². The summed E-state index contributed by atoms with van der Waals surface area (Å²) in [4.78, 5) is 21.8. The van der Waals surface area contributed by atoms with Gasteiger partial charge in [-0.05, 0) is 17.7 Å². The predicted octanol–water partition coefficient (Wildman–Crippen LogP) is 2.22. The summed E-state index contributed by atoms with van der Waals surface area (Å²) in [5, 5.41) is 1.16. The maximum absolute atomic E-state index is 12.3. The van der Waals surface area contributed by atoms with Crippen LogP contribution in [0.1, 0.15) is 11.1 Å². The molecule has 0 aliphatic carbocycles. The van der Waals surface area contributed by atoms with Gasteiger partial charge < -0.3 is 15.2 Å². The number of amides is 1. The van der Waals surface area contributed by atoms with Crippen molar-refractivity contribution in [1.82, 2.24) is 19.4 Å². The van der Waals surface area contributed by atoms with Crippen LogP contribution in [0.15, 0.2) is 48.9 Å². The van der Waals surface area contributed by atoms with Crippen LogP contribution in [0.4, 0.5) is 5.95 Å². The van der Waals surface area contributed by atoms with Gasteiger partial charge >= 0.3 is 0 Å². The molecule has 0 radical (unpaired) electrons. The number of hydrogen-bond donors (Lipinski definition) is 1. The number of aromatic nitrogens is 3. The van der Waals surface area contributed by atoms with Gasteiger partial charge in [0.25, 0.3) is 0 Å². The highest BCUT2D eigenvalue weighted by Crippen LogP contribution is 2.21. The van der Waals surface area contributed by atoms with Crippen molar-refractivity contribution >= 4 is 28.8 Å². The molecule has 2 heterocycles. The minimum atomic E-state index is -0.0836. The Morgan fingerprint density at radius 1 is 1.29 bits per heavy atom.